The van der Waals surface area contributed by atoms with Crippen molar-refractivity contribution in [1.82, 2.24) is 24.0 Å². The summed E-state index contributed by atoms with van der Waals surface area (Å²) in [6, 6.07) is 14.3. The Balaban J connectivity index is 1.20. The predicted molar refractivity (Wildman–Crippen MR) is 176 cm³/mol. The molecule has 2 aromatic carbocycles. The van der Waals surface area contributed by atoms with Crippen molar-refractivity contribution in [3.05, 3.63) is 59.9 Å². The second-order valence-electron chi connectivity index (χ2n) is 13.0. The van der Waals surface area contributed by atoms with Crippen LogP contribution in [-0.4, -0.2) is 68.9 Å². The third kappa shape index (κ3) is 4.89. The van der Waals surface area contributed by atoms with Crippen LogP contribution in [-0.2, 0) is 18.3 Å². The van der Waals surface area contributed by atoms with Crippen molar-refractivity contribution in [2.45, 2.75) is 44.3 Å². The molecule has 3 atom stereocenters. The number of rotatable bonds is 7. The molecule has 47 heavy (non-hydrogen) atoms. The third-order valence-corrected chi connectivity index (χ3v) is 10.1. The number of hydrogen-bond donors (Lipinski definition) is 2. The van der Waals surface area contributed by atoms with Crippen molar-refractivity contribution in [3.8, 4) is 28.5 Å². The van der Waals surface area contributed by atoms with Crippen LogP contribution < -0.4 is 15.8 Å². The van der Waals surface area contributed by atoms with Crippen LogP contribution in [0.1, 0.15) is 36.0 Å². The number of nitrogens with one attached hydrogen (secondary N) is 1. The third-order valence-electron chi connectivity index (χ3n) is 10.1. The van der Waals surface area contributed by atoms with Gasteiger partial charge in [-0.1, -0.05) is 6.07 Å². The smallest absolute Gasteiger partial charge is 0.411 e. The maximum Gasteiger partial charge on any atom is 0.411 e. The van der Waals surface area contributed by atoms with Crippen LogP contribution in [0.3, 0.4) is 0 Å². The number of anilines is 1. The number of methoxy groups -OCH3 is 2. The summed E-state index contributed by atoms with van der Waals surface area (Å²) in [4.78, 5) is 37.3. The second-order valence-corrected chi connectivity index (χ2v) is 13.0. The molecule has 2 bridgehead atoms. The van der Waals surface area contributed by atoms with Crippen molar-refractivity contribution >= 4 is 39.8 Å². The molecule has 2 aliphatic carbocycles. The van der Waals surface area contributed by atoms with E-state index in [2.05, 4.69) is 20.7 Å². The fourth-order valence-electron chi connectivity index (χ4n) is 7.42. The maximum absolute atomic E-state index is 14.9. The highest BCUT2D eigenvalue weighted by atomic mass is 19.1. The molecular weight excluding hydrogens is 601 g/mol. The highest BCUT2D eigenvalue weighted by Crippen LogP contribution is 2.40. The Kier molecular flexibility index (Phi) is 6.94. The summed E-state index contributed by atoms with van der Waals surface area (Å²) < 4.78 is 29.5. The fraction of sp³-hybridized carbons (Fsp3) is 0.371. The topological polar surface area (TPSA) is 130 Å². The number of nitrogens with two attached hydrogens (primary N) is 1. The Morgan fingerprint density at radius 2 is 1.87 bits per heavy atom. The fourth-order valence-corrected chi connectivity index (χ4v) is 7.42. The van der Waals surface area contributed by atoms with Gasteiger partial charge in [-0.25, -0.2) is 19.2 Å². The zero-order valence-corrected chi connectivity index (χ0v) is 26.5. The average Bonchev–Trinajstić information content (AvgIpc) is 3.48. The number of benzene rings is 2. The van der Waals surface area contributed by atoms with Crippen molar-refractivity contribution in [3.63, 3.8) is 0 Å². The number of fused-ring (bicyclic) bond motifs is 4. The normalized spacial score (nSPS) is 20.4. The van der Waals surface area contributed by atoms with E-state index >= 15 is 0 Å². The molecule has 11 nitrogen and oxygen atoms in total. The molecule has 2 saturated carbocycles. The number of ether oxygens (including phenoxy) is 2. The van der Waals surface area contributed by atoms with Crippen LogP contribution in [0.2, 0.25) is 0 Å². The zero-order chi connectivity index (χ0) is 32.6. The van der Waals surface area contributed by atoms with Crippen LogP contribution in [0.25, 0.3) is 44.8 Å². The first-order valence-corrected chi connectivity index (χ1v) is 16.0. The first-order valence-electron chi connectivity index (χ1n) is 16.0. The summed E-state index contributed by atoms with van der Waals surface area (Å²) in [5.74, 6) is 1.58. The molecule has 3 fully saturated rings. The molecule has 2 amide bonds. The summed E-state index contributed by atoms with van der Waals surface area (Å²) in [6.45, 7) is 1.46. The number of halogens is 1. The van der Waals surface area contributed by atoms with Gasteiger partial charge in [0.15, 0.2) is 5.82 Å². The Labute approximate surface area is 270 Å². The van der Waals surface area contributed by atoms with Crippen LogP contribution in [0, 0.1) is 17.7 Å². The number of amides is 2. The van der Waals surface area contributed by atoms with E-state index < -0.39 is 11.9 Å². The number of likely N-dealkylation sites (tertiary alicyclic amines) is 1. The van der Waals surface area contributed by atoms with Gasteiger partial charge in [0.05, 0.1) is 36.8 Å². The van der Waals surface area contributed by atoms with E-state index in [1.165, 1.54) is 19.2 Å². The number of hydrogen-bond acceptors (Lipinski definition) is 7. The summed E-state index contributed by atoms with van der Waals surface area (Å²) in [5, 5.41) is 3.31. The van der Waals surface area contributed by atoms with Gasteiger partial charge in [0.25, 0.3) is 5.91 Å². The molecular formula is C35H36FN7O4. The van der Waals surface area contributed by atoms with E-state index in [0.717, 1.165) is 60.3 Å². The monoisotopic (exact) mass is 637 g/mol. The number of imidazole rings is 1. The van der Waals surface area contributed by atoms with Crippen LogP contribution in [0.4, 0.5) is 14.9 Å². The number of aromatic nitrogens is 4. The molecule has 3 N–H and O–H groups in total. The highest BCUT2D eigenvalue weighted by Gasteiger charge is 2.47. The quantitative estimate of drug-likeness (QED) is 0.239. The number of aryl methyl sites for hydroxylation is 1. The molecule has 1 saturated heterocycles. The Hall–Kier alpha value is -4.97. The van der Waals surface area contributed by atoms with Gasteiger partial charge < -0.3 is 29.2 Å². The highest BCUT2D eigenvalue weighted by molar-refractivity contribution is 6.00. The van der Waals surface area contributed by atoms with E-state index in [-0.39, 0.29) is 23.7 Å². The number of carbonyl (C=O) groups is 2. The standard InChI is InChI=1S/C35H36FN7O4/c1-41-31-26(13-22(15-29(31)46-2)34(44)43-17-21-8-11-27(43)30(21)37)39-33(41)28-14-20-7-9-24(38-32(20)42(28)16-18-4-5-18)19-6-10-25(23(36)12-19)40-35(45)47-3/h6-7,9-10,12-15,18,21,27,30H,4-5,8,11,16-17,37H2,1-3H3,(H,40,45). The maximum atomic E-state index is 14.9. The summed E-state index contributed by atoms with van der Waals surface area (Å²) in [6.07, 6.45) is 3.56. The van der Waals surface area contributed by atoms with Gasteiger partial charge in [-0.3, -0.25) is 10.1 Å². The molecule has 4 heterocycles. The number of carbonyl (C=O) groups excluding carboxylic acids is 2. The predicted octanol–water partition coefficient (Wildman–Crippen LogP) is 5.55. The first-order chi connectivity index (χ1) is 22.7. The Bertz CT molecular complexity index is 2080. The van der Waals surface area contributed by atoms with Gasteiger partial charge in [0.2, 0.25) is 0 Å². The lowest BCUT2D eigenvalue weighted by Gasteiger charge is -2.27. The van der Waals surface area contributed by atoms with Crippen molar-refractivity contribution < 1.29 is 23.5 Å². The van der Waals surface area contributed by atoms with Crippen LogP contribution >= 0.6 is 0 Å². The molecule has 3 aromatic heterocycles. The van der Waals surface area contributed by atoms with Crippen LogP contribution in [0.5, 0.6) is 5.75 Å². The van der Waals surface area contributed by atoms with Crippen LogP contribution in [0.15, 0.2) is 48.5 Å². The van der Waals surface area contributed by atoms with Gasteiger partial charge in [0.1, 0.15) is 22.7 Å². The summed E-state index contributed by atoms with van der Waals surface area (Å²) in [7, 11) is 4.79. The summed E-state index contributed by atoms with van der Waals surface area (Å²) in [5.41, 5.74) is 11.3. The number of piperidine rings is 1. The van der Waals surface area contributed by atoms with Gasteiger partial charge in [-0.2, -0.15) is 0 Å². The lowest BCUT2D eigenvalue weighted by Crippen LogP contribution is -2.41. The summed E-state index contributed by atoms with van der Waals surface area (Å²) >= 11 is 0. The molecule has 0 radical (unpaired) electrons. The lowest BCUT2D eigenvalue weighted by molar-refractivity contribution is 0.0700. The number of pyridine rings is 1. The van der Waals surface area contributed by atoms with E-state index in [9.17, 15) is 14.0 Å². The molecule has 12 heteroatoms. The molecule has 3 aliphatic rings. The minimum Gasteiger partial charge on any atom is -0.494 e. The molecule has 242 valence electrons. The van der Waals surface area contributed by atoms with Crippen molar-refractivity contribution in [1.29, 1.82) is 0 Å². The Morgan fingerprint density at radius 1 is 1.04 bits per heavy atom. The van der Waals surface area contributed by atoms with E-state index in [4.69, 9.17) is 20.4 Å². The zero-order valence-electron chi connectivity index (χ0n) is 26.5. The van der Waals surface area contributed by atoms with E-state index in [1.54, 1.807) is 13.2 Å². The van der Waals surface area contributed by atoms with Gasteiger partial charge >= 0.3 is 6.09 Å². The Morgan fingerprint density at radius 3 is 2.55 bits per heavy atom. The van der Waals surface area contributed by atoms with Crippen molar-refractivity contribution in [2.24, 2.45) is 24.6 Å². The lowest BCUT2D eigenvalue weighted by atomic mass is 10.1. The molecule has 8 rings (SSSR count). The van der Waals surface area contributed by atoms with E-state index in [1.807, 2.05) is 40.8 Å². The average molecular weight is 638 g/mol. The molecule has 3 unspecified atom stereocenters. The number of nitrogens with zero attached hydrogens (tertiary/aromatic N) is 5. The van der Waals surface area contributed by atoms with Crippen molar-refractivity contribution in [2.75, 3.05) is 26.1 Å². The van der Waals surface area contributed by atoms with Gasteiger partial charge in [-0.15, -0.1) is 0 Å². The molecule has 1 aliphatic heterocycles. The second kappa shape index (κ2) is 11.1. The van der Waals surface area contributed by atoms with Gasteiger partial charge in [-0.05, 0) is 80.0 Å². The molecule has 5 aromatic rings. The largest absolute Gasteiger partial charge is 0.494 e. The molecule has 0 spiro atoms. The minimum absolute atomic E-state index is 0.0273. The minimum atomic E-state index is -0.743. The first kappa shape index (κ1) is 29.4. The SMILES string of the molecule is COC(=O)Nc1ccc(-c2ccc3cc(-c4nc5cc(C(=O)N6CC7CCC6C7N)cc(OC)c5n4C)n(CC4CC4)c3n2)cc1F. The van der Waals surface area contributed by atoms with E-state index in [0.29, 0.717) is 46.5 Å². The van der Waals surface area contributed by atoms with Gasteiger partial charge in [0, 0.05) is 48.7 Å².